The number of nitrogens with one attached hydrogen (secondary N) is 1. The van der Waals surface area contributed by atoms with Crippen LogP contribution in [-0.2, 0) is 0 Å². The van der Waals surface area contributed by atoms with Gasteiger partial charge >= 0.3 is 0 Å². The lowest BCUT2D eigenvalue weighted by molar-refractivity contribution is 0.628. The van der Waals surface area contributed by atoms with E-state index in [1.807, 2.05) is 6.07 Å². The van der Waals surface area contributed by atoms with Gasteiger partial charge in [0, 0.05) is 18.8 Å². The maximum Gasteiger partial charge on any atom is 0.185 e. The van der Waals surface area contributed by atoms with Gasteiger partial charge in [-0.2, -0.15) is 0 Å². The van der Waals surface area contributed by atoms with Crippen LogP contribution in [0.4, 0.5) is 10.1 Å². The van der Waals surface area contributed by atoms with E-state index >= 15 is 0 Å². The van der Waals surface area contributed by atoms with Gasteiger partial charge in [-0.05, 0) is 24.6 Å². The Kier molecular flexibility index (Phi) is 7.61. The highest BCUT2D eigenvalue weighted by atomic mass is 127. The molecular weight excluding hydrogens is 322 g/mol. The maximum absolute atomic E-state index is 12.8. The molecule has 0 atom stereocenters. The summed E-state index contributed by atoms with van der Waals surface area (Å²) in [4.78, 5) is 3.83. The zero-order valence-corrected chi connectivity index (χ0v) is 11.1. The lowest BCUT2D eigenvalue weighted by Gasteiger charge is -2.04. The fourth-order valence-corrected chi connectivity index (χ4v) is 1.12. The van der Waals surface area contributed by atoms with Gasteiger partial charge in [0.15, 0.2) is 5.96 Å². The van der Waals surface area contributed by atoms with E-state index in [0.29, 0.717) is 13.1 Å². The molecule has 0 unspecified atom stereocenters. The summed E-state index contributed by atoms with van der Waals surface area (Å²) < 4.78 is 12.8. The molecule has 0 aliphatic carbocycles. The molecule has 90 valence electrons. The second kappa shape index (κ2) is 8.14. The highest BCUT2D eigenvalue weighted by molar-refractivity contribution is 14.0. The number of guanidine groups is 1. The van der Waals surface area contributed by atoms with E-state index in [1.54, 1.807) is 6.07 Å². The first-order valence-electron chi connectivity index (χ1n) is 4.73. The summed E-state index contributed by atoms with van der Waals surface area (Å²) in [7, 11) is 0. The fourth-order valence-electron chi connectivity index (χ4n) is 1.12. The van der Waals surface area contributed by atoms with Crippen molar-refractivity contribution in [2.24, 2.45) is 16.5 Å². The largest absolute Gasteiger partial charge is 0.385 e. The Bertz CT molecular complexity index is 339. The van der Waals surface area contributed by atoms with Crippen molar-refractivity contribution < 1.29 is 4.39 Å². The monoisotopic (exact) mass is 338 g/mol. The molecule has 0 aromatic heterocycles. The normalized spacial score (nSPS) is 9.06. The first-order chi connectivity index (χ1) is 7.18. The molecule has 5 N–H and O–H groups in total. The summed E-state index contributed by atoms with van der Waals surface area (Å²) >= 11 is 0. The molecule has 0 aliphatic rings. The van der Waals surface area contributed by atoms with Crippen LogP contribution in [0.1, 0.15) is 6.42 Å². The molecule has 4 nitrogen and oxygen atoms in total. The number of benzene rings is 1. The first-order valence-corrected chi connectivity index (χ1v) is 4.73. The lowest BCUT2D eigenvalue weighted by atomic mass is 10.3. The Labute approximate surface area is 111 Å². The second-order valence-corrected chi connectivity index (χ2v) is 3.10. The molecule has 0 saturated heterocycles. The summed E-state index contributed by atoms with van der Waals surface area (Å²) in [6.07, 6.45) is 0.800. The van der Waals surface area contributed by atoms with Gasteiger partial charge in [-0.1, -0.05) is 6.07 Å². The summed E-state index contributed by atoms with van der Waals surface area (Å²) in [5.41, 5.74) is 11.1. The highest BCUT2D eigenvalue weighted by Crippen LogP contribution is 2.08. The van der Waals surface area contributed by atoms with Crippen LogP contribution in [0.3, 0.4) is 0 Å². The molecule has 16 heavy (non-hydrogen) atoms. The van der Waals surface area contributed by atoms with E-state index in [4.69, 9.17) is 11.5 Å². The van der Waals surface area contributed by atoms with E-state index < -0.39 is 0 Å². The van der Waals surface area contributed by atoms with Crippen LogP contribution in [0.2, 0.25) is 0 Å². The topological polar surface area (TPSA) is 76.4 Å². The number of aliphatic imine (C=N–C) groups is 1. The van der Waals surface area contributed by atoms with Gasteiger partial charge in [-0.3, -0.25) is 4.99 Å². The number of nitrogens with two attached hydrogens (primary N) is 2. The molecule has 1 rings (SSSR count). The van der Waals surface area contributed by atoms with E-state index in [0.717, 1.165) is 12.1 Å². The molecule has 1 aromatic carbocycles. The maximum atomic E-state index is 12.8. The third-order valence-corrected chi connectivity index (χ3v) is 1.78. The van der Waals surface area contributed by atoms with Gasteiger partial charge in [0.05, 0.1) is 0 Å². The fraction of sp³-hybridized carbons (Fsp3) is 0.300. The molecule has 0 heterocycles. The predicted molar refractivity (Wildman–Crippen MR) is 75.6 cm³/mol. The molecule has 0 spiro atoms. The number of hydrogen-bond donors (Lipinski definition) is 3. The minimum Gasteiger partial charge on any atom is -0.385 e. The van der Waals surface area contributed by atoms with Crippen molar-refractivity contribution in [3.8, 4) is 0 Å². The standard InChI is InChI=1S/C10H15FN4.HI/c11-8-3-1-4-9(7-8)14-5-2-6-15-10(12)13;/h1,3-4,7,14H,2,5-6H2,(H4,12,13,15);1H. The average molecular weight is 338 g/mol. The van der Waals surface area contributed by atoms with Crippen LogP contribution in [0.15, 0.2) is 29.3 Å². The van der Waals surface area contributed by atoms with Crippen LogP contribution in [0, 0.1) is 5.82 Å². The Morgan fingerprint density at radius 3 is 2.75 bits per heavy atom. The second-order valence-electron chi connectivity index (χ2n) is 3.10. The smallest absolute Gasteiger partial charge is 0.185 e. The number of halogens is 2. The van der Waals surface area contributed by atoms with Gasteiger partial charge < -0.3 is 16.8 Å². The summed E-state index contributed by atoms with van der Waals surface area (Å²) in [5, 5.41) is 3.07. The van der Waals surface area contributed by atoms with Crippen LogP contribution in [0.25, 0.3) is 0 Å². The minimum atomic E-state index is -0.246. The third kappa shape index (κ3) is 6.44. The van der Waals surface area contributed by atoms with Crippen molar-refractivity contribution in [2.45, 2.75) is 6.42 Å². The third-order valence-electron chi connectivity index (χ3n) is 1.78. The van der Waals surface area contributed by atoms with Crippen molar-refractivity contribution in [3.05, 3.63) is 30.1 Å². The molecule has 0 aliphatic heterocycles. The lowest BCUT2D eigenvalue weighted by Crippen LogP contribution is -2.23. The Hall–Kier alpha value is -1.05. The zero-order valence-electron chi connectivity index (χ0n) is 8.82. The number of hydrogen-bond acceptors (Lipinski definition) is 2. The summed E-state index contributed by atoms with van der Waals surface area (Å²) in [6, 6.07) is 6.32. The van der Waals surface area contributed by atoms with Crippen molar-refractivity contribution in [3.63, 3.8) is 0 Å². The Morgan fingerprint density at radius 2 is 2.12 bits per heavy atom. The number of nitrogens with zero attached hydrogens (tertiary/aromatic N) is 1. The van der Waals surface area contributed by atoms with Gasteiger partial charge in [0.1, 0.15) is 5.82 Å². The Balaban J connectivity index is 0.00000225. The number of rotatable bonds is 5. The number of anilines is 1. The molecular formula is C10H16FIN4. The van der Waals surface area contributed by atoms with Crippen LogP contribution in [0.5, 0.6) is 0 Å². The average Bonchev–Trinajstić information content (AvgIpc) is 2.17. The van der Waals surface area contributed by atoms with Crippen molar-refractivity contribution in [1.29, 1.82) is 0 Å². The van der Waals surface area contributed by atoms with Gasteiger partial charge in [-0.25, -0.2) is 4.39 Å². The van der Waals surface area contributed by atoms with Gasteiger partial charge in [-0.15, -0.1) is 24.0 Å². The van der Waals surface area contributed by atoms with Crippen LogP contribution < -0.4 is 16.8 Å². The van der Waals surface area contributed by atoms with Crippen molar-refractivity contribution in [2.75, 3.05) is 18.4 Å². The van der Waals surface area contributed by atoms with E-state index in [9.17, 15) is 4.39 Å². The molecule has 0 saturated carbocycles. The van der Waals surface area contributed by atoms with E-state index in [2.05, 4.69) is 10.3 Å². The first kappa shape index (κ1) is 14.9. The molecule has 0 radical (unpaired) electrons. The highest BCUT2D eigenvalue weighted by Gasteiger charge is 1.93. The van der Waals surface area contributed by atoms with Crippen LogP contribution >= 0.6 is 24.0 Å². The van der Waals surface area contributed by atoms with Crippen LogP contribution in [-0.4, -0.2) is 19.0 Å². The minimum absolute atomic E-state index is 0. The molecule has 0 bridgehead atoms. The molecule has 0 amide bonds. The van der Waals surface area contributed by atoms with Crippen molar-refractivity contribution >= 4 is 35.6 Å². The van der Waals surface area contributed by atoms with E-state index in [1.165, 1.54) is 12.1 Å². The van der Waals surface area contributed by atoms with Crippen molar-refractivity contribution in [1.82, 2.24) is 0 Å². The zero-order chi connectivity index (χ0) is 11.1. The molecule has 0 fully saturated rings. The Morgan fingerprint density at radius 1 is 1.38 bits per heavy atom. The predicted octanol–water partition coefficient (Wildman–Crippen LogP) is 1.52. The quantitative estimate of drug-likeness (QED) is 0.330. The van der Waals surface area contributed by atoms with Gasteiger partial charge in [0.2, 0.25) is 0 Å². The SMILES string of the molecule is I.NC(N)=NCCCNc1cccc(F)c1. The molecule has 6 heteroatoms. The summed E-state index contributed by atoms with van der Waals surface area (Å²) in [5.74, 6) is -0.148. The molecule has 1 aromatic rings. The van der Waals surface area contributed by atoms with E-state index in [-0.39, 0.29) is 35.8 Å². The van der Waals surface area contributed by atoms with Gasteiger partial charge in [0.25, 0.3) is 0 Å². The summed E-state index contributed by atoms with van der Waals surface area (Å²) in [6.45, 7) is 1.28.